The smallest absolute Gasteiger partial charge is 0.307 e. The Morgan fingerprint density at radius 2 is 1.96 bits per heavy atom. The van der Waals surface area contributed by atoms with Gasteiger partial charge in [0.2, 0.25) is 0 Å². The Morgan fingerprint density at radius 3 is 2.67 bits per heavy atom. The van der Waals surface area contributed by atoms with Gasteiger partial charge >= 0.3 is 5.97 Å². The molecule has 0 aromatic heterocycles. The Labute approximate surface area is 144 Å². The highest BCUT2D eigenvalue weighted by molar-refractivity contribution is 7.99. The Kier molecular flexibility index (Phi) is 4.78. The number of nitrogens with zero attached hydrogens (tertiary/aromatic N) is 2. The summed E-state index contributed by atoms with van der Waals surface area (Å²) in [7, 11) is 4.01. The molecule has 0 amide bonds. The average Bonchev–Trinajstić information content (AvgIpc) is 2.50. The highest BCUT2D eigenvalue weighted by Crippen LogP contribution is 2.48. The van der Waals surface area contributed by atoms with E-state index in [4.69, 9.17) is 5.11 Å². The lowest BCUT2D eigenvalue weighted by Gasteiger charge is -2.34. The number of likely N-dealkylation sites (N-methyl/N-ethyl adjacent to an activating group) is 1. The first-order chi connectivity index (χ1) is 11.4. The number of halogens is 1. The van der Waals surface area contributed by atoms with Crippen LogP contribution in [0.4, 0.5) is 15.8 Å². The van der Waals surface area contributed by atoms with Gasteiger partial charge in [-0.2, -0.15) is 0 Å². The number of fused-ring (bicyclic) bond motifs is 2. The van der Waals surface area contributed by atoms with Crippen LogP contribution in [0.15, 0.2) is 46.2 Å². The molecule has 0 spiro atoms. The number of hydrogen-bond donors (Lipinski definition) is 1. The van der Waals surface area contributed by atoms with E-state index < -0.39 is 5.97 Å². The third-order valence-corrected chi connectivity index (χ3v) is 4.98. The van der Waals surface area contributed by atoms with Gasteiger partial charge in [-0.05, 0) is 50.0 Å². The first-order valence-electron chi connectivity index (χ1n) is 7.68. The van der Waals surface area contributed by atoms with Crippen LogP contribution in [0, 0.1) is 5.82 Å². The topological polar surface area (TPSA) is 43.8 Å². The van der Waals surface area contributed by atoms with E-state index in [0.29, 0.717) is 0 Å². The van der Waals surface area contributed by atoms with Crippen molar-refractivity contribution in [2.45, 2.75) is 16.2 Å². The molecule has 0 radical (unpaired) electrons. The molecule has 1 aliphatic rings. The lowest BCUT2D eigenvalue weighted by molar-refractivity contribution is -0.136. The Balaban J connectivity index is 2.03. The molecule has 0 unspecified atom stereocenters. The maximum Gasteiger partial charge on any atom is 0.307 e. The van der Waals surface area contributed by atoms with Gasteiger partial charge in [-0.15, -0.1) is 0 Å². The fourth-order valence-electron chi connectivity index (χ4n) is 2.73. The summed E-state index contributed by atoms with van der Waals surface area (Å²) in [6.45, 7) is 1.58. The Bertz CT molecular complexity index is 780. The van der Waals surface area contributed by atoms with Gasteiger partial charge in [0.1, 0.15) is 5.82 Å². The zero-order chi connectivity index (χ0) is 17.3. The molecule has 0 fully saturated rings. The zero-order valence-corrected chi connectivity index (χ0v) is 14.4. The Hall–Kier alpha value is -2.05. The van der Waals surface area contributed by atoms with E-state index in [2.05, 4.69) is 9.80 Å². The fourth-order valence-corrected chi connectivity index (χ4v) is 3.83. The molecule has 0 atom stereocenters. The molecule has 6 heteroatoms. The molecule has 0 saturated heterocycles. The summed E-state index contributed by atoms with van der Waals surface area (Å²) >= 11 is 1.52. The molecule has 1 aliphatic heterocycles. The van der Waals surface area contributed by atoms with Crippen LogP contribution in [0.25, 0.3) is 0 Å². The number of rotatable bonds is 5. The van der Waals surface area contributed by atoms with Gasteiger partial charge in [-0.1, -0.05) is 17.8 Å². The third-order valence-electron chi connectivity index (χ3n) is 3.87. The van der Waals surface area contributed by atoms with Gasteiger partial charge in [0.25, 0.3) is 0 Å². The van der Waals surface area contributed by atoms with Crippen LogP contribution in [0.5, 0.6) is 0 Å². The van der Waals surface area contributed by atoms with Gasteiger partial charge < -0.3 is 14.9 Å². The molecular weight excluding hydrogens is 327 g/mol. The van der Waals surface area contributed by atoms with E-state index >= 15 is 0 Å². The van der Waals surface area contributed by atoms with Gasteiger partial charge in [-0.3, -0.25) is 4.79 Å². The second kappa shape index (κ2) is 6.83. The minimum Gasteiger partial charge on any atom is -0.481 e. The number of benzene rings is 2. The quantitative estimate of drug-likeness (QED) is 0.896. The standard InChI is InChI=1S/C18H19FN2O2S/c1-20(2)7-8-21-14-5-4-13(19)11-17(14)24-16-6-3-12(9-15(16)21)10-18(22)23/h3-6,9,11H,7-8,10H2,1-2H3,(H,22,23). The number of carboxylic acid groups (broad SMARTS) is 1. The van der Waals surface area contributed by atoms with E-state index in [1.54, 1.807) is 12.1 Å². The number of carbonyl (C=O) groups is 1. The highest BCUT2D eigenvalue weighted by atomic mass is 32.2. The van der Waals surface area contributed by atoms with Crippen LogP contribution in [-0.4, -0.2) is 43.2 Å². The molecule has 3 rings (SSSR count). The minimum atomic E-state index is -0.847. The molecule has 2 aromatic carbocycles. The minimum absolute atomic E-state index is 0.00422. The summed E-state index contributed by atoms with van der Waals surface area (Å²) in [6.07, 6.45) is -0.00422. The summed E-state index contributed by atoms with van der Waals surface area (Å²) in [5.74, 6) is -1.10. The SMILES string of the molecule is CN(C)CCN1c2ccc(F)cc2Sc2ccc(CC(=O)O)cc21. The average molecular weight is 346 g/mol. The summed E-state index contributed by atoms with van der Waals surface area (Å²) in [4.78, 5) is 17.1. The summed E-state index contributed by atoms with van der Waals surface area (Å²) in [5, 5.41) is 9.03. The van der Waals surface area contributed by atoms with Crippen LogP contribution < -0.4 is 4.90 Å². The van der Waals surface area contributed by atoms with Crippen LogP contribution in [0.1, 0.15) is 5.56 Å². The first kappa shape index (κ1) is 16.8. The molecule has 1 N–H and O–H groups in total. The molecular formula is C18H19FN2O2S. The van der Waals surface area contributed by atoms with Crippen LogP contribution >= 0.6 is 11.8 Å². The monoisotopic (exact) mass is 346 g/mol. The molecule has 0 aliphatic carbocycles. The fraction of sp³-hybridized carbons (Fsp3) is 0.278. The van der Waals surface area contributed by atoms with Crippen molar-refractivity contribution < 1.29 is 14.3 Å². The zero-order valence-electron chi connectivity index (χ0n) is 13.6. The van der Waals surface area contributed by atoms with Crippen molar-refractivity contribution in [2.24, 2.45) is 0 Å². The predicted octanol–water partition coefficient (Wildman–Crippen LogP) is 3.62. The molecule has 0 bridgehead atoms. The lowest BCUT2D eigenvalue weighted by atomic mass is 10.1. The van der Waals surface area contributed by atoms with E-state index in [1.165, 1.54) is 17.8 Å². The molecule has 4 nitrogen and oxygen atoms in total. The van der Waals surface area contributed by atoms with Crippen molar-refractivity contribution in [3.8, 4) is 0 Å². The van der Waals surface area contributed by atoms with Crippen molar-refractivity contribution in [1.82, 2.24) is 4.90 Å². The molecule has 2 aromatic rings. The van der Waals surface area contributed by atoms with Gasteiger partial charge in [0, 0.05) is 22.9 Å². The van der Waals surface area contributed by atoms with Crippen molar-refractivity contribution in [2.75, 3.05) is 32.1 Å². The van der Waals surface area contributed by atoms with Crippen molar-refractivity contribution in [1.29, 1.82) is 0 Å². The molecule has 0 saturated carbocycles. The molecule has 126 valence electrons. The number of carboxylic acids is 1. The maximum atomic E-state index is 13.6. The van der Waals surface area contributed by atoms with E-state index in [-0.39, 0.29) is 12.2 Å². The van der Waals surface area contributed by atoms with Crippen LogP contribution in [-0.2, 0) is 11.2 Å². The van der Waals surface area contributed by atoms with Crippen molar-refractivity contribution in [3.05, 3.63) is 47.8 Å². The summed E-state index contributed by atoms with van der Waals surface area (Å²) in [6, 6.07) is 10.5. The van der Waals surface area contributed by atoms with Gasteiger partial charge in [-0.25, -0.2) is 4.39 Å². The number of hydrogen-bond acceptors (Lipinski definition) is 4. The normalized spacial score (nSPS) is 12.9. The second-order valence-corrected chi connectivity index (χ2v) is 7.13. The largest absolute Gasteiger partial charge is 0.481 e. The van der Waals surface area contributed by atoms with E-state index in [1.807, 2.05) is 32.3 Å². The van der Waals surface area contributed by atoms with Gasteiger partial charge in [0.15, 0.2) is 0 Å². The predicted molar refractivity (Wildman–Crippen MR) is 93.9 cm³/mol. The molecule has 1 heterocycles. The van der Waals surface area contributed by atoms with E-state index in [0.717, 1.165) is 39.8 Å². The lowest BCUT2D eigenvalue weighted by Crippen LogP contribution is -2.30. The third kappa shape index (κ3) is 3.55. The molecule has 24 heavy (non-hydrogen) atoms. The van der Waals surface area contributed by atoms with Crippen LogP contribution in [0.2, 0.25) is 0 Å². The van der Waals surface area contributed by atoms with Crippen molar-refractivity contribution >= 4 is 29.1 Å². The van der Waals surface area contributed by atoms with Crippen molar-refractivity contribution in [3.63, 3.8) is 0 Å². The summed E-state index contributed by atoms with van der Waals surface area (Å²) in [5.41, 5.74) is 2.71. The Morgan fingerprint density at radius 1 is 1.17 bits per heavy atom. The van der Waals surface area contributed by atoms with Crippen LogP contribution in [0.3, 0.4) is 0 Å². The van der Waals surface area contributed by atoms with E-state index in [9.17, 15) is 9.18 Å². The maximum absolute atomic E-state index is 13.6. The number of aliphatic carboxylic acids is 1. The number of anilines is 2. The first-order valence-corrected chi connectivity index (χ1v) is 8.50. The highest BCUT2D eigenvalue weighted by Gasteiger charge is 2.24. The second-order valence-electron chi connectivity index (χ2n) is 6.04. The summed E-state index contributed by atoms with van der Waals surface area (Å²) < 4.78 is 13.6. The van der Waals surface area contributed by atoms with Gasteiger partial charge in [0.05, 0.1) is 17.8 Å².